The van der Waals surface area contributed by atoms with Crippen molar-refractivity contribution >= 4 is 35.6 Å². The van der Waals surface area contributed by atoms with Crippen molar-refractivity contribution in [1.29, 1.82) is 0 Å². The molecule has 0 saturated carbocycles. The summed E-state index contributed by atoms with van der Waals surface area (Å²) in [6.07, 6.45) is 0. The van der Waals surface area contributed by atoms with Crippen LogP contribution in [0, 0.1) is 6.92 Å². The van der Waals surface area contributed by atoms with Crippen LogP contribution in [-0.2, 0) is 6.54 Å². The van der Waals surface area contributed by atoms with Gasteiger partial charge in [0.2, 0.25) is 0 Å². The number of halogens is 1. The molecule has 5 heteroatoms. The molecule has 0 aliphatic carbocycles. The number of nitrogens with two attached hydrogens (primary N) is 1. The summed E-state index contributed by atoms with van der Waals surface area (Å²) in [4.78, 5) is 4.41. The molecule has 0 unspecified atom stereocenters. The molecule has 24 heavy (non-hydrogen) atoms. The van der Waals surface area contributed by atoms with Crippen LogP contribution in [0.2, 0.25) is 0 Å². The first kappa shape index (κ1) is 20.3. The van der Waals surface area contributed by atoms with Gasteiger partial charge >= 0.3 is 0 Å². The third-order valence-electron chi connectivity index (χ3n) is 3.10. The molecule has 0 radical (unpaired) electrons. The number of nitrogens with one attached hydrogen (secondary N) is 1. The normalized spacial score (nSPS) is 11.6. The molecule has 0 atom stereocenters. The summed E-state index contributed by atoms with van der Waals surface area (Å²) in [5.41, 5.74) is 8.81. The molecule has 0 aliphatic heterocycles. The van der Waals surface area contributed by atoms with E-state index in [0.717, 1.165) is 22.6 Å². The highest BCUT2D eigenvalue weighted by Crippen LogP contribution is 2.25. The minimum absolute atomic E-state index is 0. The molecule has 0 spiro atoms. The average molecular weight is 439 g/mol. The molecule has 0 bridgehead atoms. The van der Waals surface area contributed by atoms with Gasteiger partial charge in [-0.15, -0.1) is 24.0 Å². The predicted molar refractivity (Wildman–Crippen MR) is 112 cm³/mol. The molecule has 0 fully saturated rings. The lowest BCUT2D eigenvalue weighted by molar-refractivity contribution is 0.129. The fourth-order valence-corrected chi connectivity index (χ4v) is 2.10. The van der Waals surface area contributed by atoms with E-state index in [2.05, 4.69) is 16.4 Å². The third kappa shape index (κ3) is 6.78. The maximum Gasteiger partial charge on any atom is 0.193 e. The number of para-hydroxylation sites is 1. The number of anilines is 1. The van der Waals surface area contributed by atoms with Gasteiger partial charge < -0.3 is 15.8 Å². The Hall–Kier alpha value is -1.76. The van der Waals surface area contributed by atoms with Gasteiger partial charge in [0, 0.05) is 11.3 Å². The maximum absolute atomic E-state index is 6.03. The lowest BCUT2D eigenvalue weighted by atomic mass is 10.1. The van der Waals surface area contributed by atoms with Gasteiger partial charge in [-0.2, -0.15) is 0 Å². The monoisotopic (exact) mass is 439 g/mol. The van der Waals surface area contributed by atoms with Crippen LogP contribution in [0.4, 0.5) is 5.69 Å². The molecule has 0 aromatic heterocycles. The Morgan fingerprint density at radius 3 is 2.42 bits per heavy atom. The predicted octanol–water partition coefficient (Wildman–Crippen LogP) is 4.72. The minimum atomic E-state index is -0.250. The van der Waals surface area contributed by atoms with Gasteiger partial charge in [-0.3, -0.25) is 0 Å². The van der Waals surface area contributed by atoms with Crippen LogP contribution in [-0.4, -0.2) is 11.6 Å². The van der Waals surface area contributed by atoms with Gasteiger partial charge in [0.05, 0.1) is 6.54 Å². The van der Waals surface area contributed by atoms with Crippen LogP contribution in [0.15, 0.2) is 53.5 Å². The van der Waals surface area contributed by atoms with Crippen LogP contribution < -0.4 is 15.8 Å². The SMILES string of the molecule is Cc1ccc(CN=C(N)Nc2ccccc2)c(OC(C)(C)C)c1.I. The second-order valence-electron chi connectivity index (χ2n) is 6.52. The first-order valence-electron chi connectivity index (χ1n) is 7.74. The fourth-order valence-electron chi connectivity index (χ4n) is 2.10. The van der Waals surface area contributed by atoms with Crippen molar-refractivity contribution < 1.29 is 4.74 Å². The summed E-state index contributed by atoms with van der Waals surface area (Å²) in [5, 5.41) is 3.08. The van der Waals surface area contributed by atoms with Crippen molar-refractivity contribution in [2.75, 3.05) is 5.32 Å². The summed E-state index contributed by atoms with van der Waals surface area (Å²) in [5.74, 6) is 1.24. The highest BCUT2D eigenvalue weighted by atomic mass is 127. The van der Waals surface area contributed by atoms with Crippen LogP contribution in [0.1, 0.15) is 31.9 Å². The Balaban J connectivity index is 0.00000288. The van der Waals surface area contributed by atoms with Gasteiger partial charge in [0.1, 0.15) is 11.4 Å². The van der Waals surface area contributed by atoms with E-state index in [-0.39, 0.29) is 29.6 Å². The zero-order chi connectivity index (χ0) is 16.9. The summed E-state index contributed by atoms with van der Waals surface area (Å²) in [6, 6.07) is 15.9. The van der Waals surface area contributed by atoms with E-state index in [9.17, 15) is 0 Å². The van der Waals surface area contributed by atoms with E-state index in [1.807, 2.05) is 70.2 Å². The maximum atomic E-state index is 6.03. The Bertz CT molecular complexity index is 679. The van der Waals surface area contributed by atoms with Gasteiger partial charge in [0.25, 0.3) is 0 Å². The van der Waals surface area contributed by atoms with Crippen molar-refractivity contribution in [3.05, 3.63) is 59.7 Å². The smallest absolute Gasteiger partial charge is 0.193 e. The van der Waals surface area contributed by atoms with Crippen molar-refractivity contribution in [3.8, 4) is 5.75 Å². The Morgan fingerprint density at radius 1 is 1.12 bits per heavy atom. The largest absolute Gasteiger partial charge is 0.488 e. The Morgan fingerprint density at radius 2 is 1.79 bits per heavy atom. The van der Waals surface area contributed by atoms with Gasteiger partial charge in [-0.1, -0.05) is 30.3 Å². The Kier molecular flexibility index (Phi) is 7.54. The van der Waals surface area contributed by atoms with Crippen LogP contribution in [0.3, 0.4) is 0 Å². The quantitative estimate of drug-likeness (QED) is 0.412. The van der Waals surface area contributed by atoms with E-state index in [1.54, 1.807) is 0 Å². The van der Waals surface area contributed by atoms with E-state index in [0.29, 0.717) is 12.5 Å². The number of aliphatic imine (C=N–C) groups is 1. The number of hydrogen-bond acceptors (Lipinski definition) is 2. The molecule has 2 aromatic carbocycles. The highest BCUT2D eigenvalue weighted by molar-refractivity contribution is 14.0. The summed E-state index contributed by atoms with van der Waals surface area (Å²) in [6.45, 7) is 8.63. The second-order valence-corrected chi connectivity index (χ2v) is 6.52. The third-order valence-corrected chi connectivity index (χ3v) is 3.10. The average Bonchev–Trinajstić information content (AvgIpc) is 2.46. The van der Waals surface area contributed by atoms with Crippen LogP contribution >= 0.6 is 24.0 Å². The molecule has 0 amide bonds. The molecule has 3 N–H and O–H groups in total. The van der Waals surface area contributed by atoms with Crippen molar-refractivity contribution in [3.63, 3.8) is 0 Å². The number of guanidine groups is 1. The van der Waals surface area contributed by atoms with Crippen LogP contribution in [0.5, 0.6) is 5.75 Å². The molecule has 2 aromatic rings. The highest BCUT2D eigenvalue weighted by Gasteiger charge is 2.14. The number of rotatable bonds is 4. The van der Waals surface area contributed by atoms with E-state index in [4.69, 9.17) is 10.5 Å². The molecule has 2 rings (SSSR count). The fraction of sp³-hybridized carbons (Fsp3) is 0.316. The second kappa shape index (κ2) is 8.92. The van der Waals surface area contributed by atoms with E-state index >= 15 is 0 Å². The molecule has 130 valence electrons. The zero-order valence-electron chi connectivity index (χ0n) is 14.7. The molecule has 0 aliphatic rings. The summed E-state index contributed by atoms with van der Waals surface area (Å²) >= 11 is 0. The zero-order valence-corrected chi connectivity index (χ0v) is 17.0. The topological polar surface area (TPSA) is 59.6 Å². The first-order chi connectivity index (χ1) is 10.8. The number of nitrogens with zero attached hydrogens (tertiary/aromatic N) is 1. The van der Waals surface area contributed by atoms with Crippen LogP contribution in [0.25, 0.3) is 0 Å². The van der Waals surface area contributed by atoms with Crippen molar-refractivity contribution in [2.24, 2.45) is 10.7 Å². The molecule has 0 heterocycles. The Labute approximate surface area is 161 Å². The molecular formula is C19H26IN3O. The van der Waals surface area contributed by atoms with Crippen molar-refractivity contribution in [1.82, 2.24) is 0 Å². The number of benzene rings is 2. The lowest BCUT2D eigenvalue weighted by Crippen LogP contribution is -2.24. The standard InChI is InChI=1S/C19H25N3O.HI/c1-14-10-11-15(17(12-14)23-19(2,3)4)13-21-18(20)22-16-8-6-5-7-9-16;/h5-12H,13H2,1-4H3,(H3,20,21,22);1H. The summed E-state index contributed by atoms with van der Waals surface area (Å²) in [7, 11) is 0. The van der Waals surface area contributed by atoms with E-state index < -0.39 is 0 Å². The first-order valence-corrected chi connectivity index (χ1v) is 7.74. The summed E-state index contributed by atoms with van der Waals surface area (Å²) < 4.78 is 6.03. The number of ether oxygens (including phenoxy) is 1. The van der Waals surface area contributed by atoms with Gasteiger partial charge in [0.15, 0.2) is 5.96 Å². The van der Waals surface area contributed by atoms with Gasteiger partial charge in [-0.25, -0.2) is 4.99 Å². The lowest BCUT2D eigenvalue weighted by Gasteiger charge is -2.23. The van der Waals surface area contributed by atoms with E-state index in [1.165, 1.54) is 0 Å². The van der Waals surface area contributed by atoms with Crippen molar-refractivity contribution in [2.45, 2.75) is 39.8 Å². The minimum Gasteiger partial charge on any atom is -0.488 e. The molecular weight excluding hydrogens is 413 g/mol. The van der Waals surface area contributed by atoms with Gasteiger partial charge in [-0.05, 0) is 51.5 Å². The number of hydrogen-bond donors (Lipinski definition) is 2. The molecule has 0 saturated heterocycles. The molecule has 4 nitrogen and oxygen atoms in total. The number of aryl methyl sites for hydroxylation is 1.